The summed E-state index contributed by atoms with van der Waals surface area (Å²) < 4.78 is 8.37. The van der Waals surface area contributed by atoms with Crippen LogP contribution < -0.4 is 5.32 Å². The van der Waals surface area contributed by atoms with E-state index >= 15 is 0 Å². The Bertz CT molecular complexity index is 425. The molecule has 1 aromatic heterocycles. The van der Waals surface area contributed by atoms with Crippen molar-refractivity contribution in [1.82, 2.24) is 9.88 Å². The third-order valence-corrected chi connectivity index (χ3v) is 3.80. The molecule has 2 rings (SSSR count). The predicted octanol–water partition coefficient (Wildman–Crippen LogP) is 2.82. The first-order valence-electron chi connectivity index (χ1n) is 6.92. The van der Waals surface area contributed by atoms with Crippen LogP contribution in [-0.4, -0.2) is 30.2 Å². The van der Waals surface area contributed by atoms with Crippen LogP contribution in [0.1, 0.15) is 36.7 Å². The molecule has 0 aliphatic carbocycles. The van der Waals surface area contributed by atoms with Crippen LogP contribution in [0.5, 0.6) is 0 Å². The molecular formula is C14H21BrN2O2. The average Bonchev–Trinajstić information content (AvgIpc) is 2.79. The molecule has 0 spiro atoms. The molecule has 0 bridgehead atoms. The maximum Gasteiger partial charge on any atom is 0.267 e. The van der Waals surface area contributed by atoms with Crippen LogP contribution in [0.15, 0.2) is 16.7 Å². The van der Waals surface area contributed by atoms with Crippen molar-refractivity contribution in [1.29, 1.82) is 0 Å². The Hall–Kier alpha value is -0.810. The number of hydrogen-bond donors (Lipinski definition) is 1. The van der Waals surface area contributed by atoms with Crippen molar-refractivity contribution >= 4 is 21.8 Å². The van der Waals surface area contributed by atoms with Crippen LogP contribution in [0.4, 0.5) is 0 Å². The van der Waals surface area contributed by atoms with Crippen molar-refractivity contribution in [3.05, 3.63) is 22.4 Å². The Balaban J connectivity index is 1.91. The predicted molar refractivity (Wildman–Crippen MR) is 78.3 cm³/mol. The maximum absolute atomic E-state index is 12.2. The summed E-state index contributed by atoms with van der Waals surface area (Å²) in [6, 6.07) is 1.88. The van der Waals surface area contributed by atoms with Gasteiger partial charge in [-0.3, -0.25) is 4.79 Å². The van der Waals surface area contributed by atoms with Crippen molar-refractivity contribution < 1.29 is 9.53 Å². The van der Waals surface area contributed by atoms with Crippen LogP contribution in [0, 0.1) is 5.92 Å². The highest BCUT2D eigenvalue weighted by Gasteiger charge is 2.17. The van der Waals surface area contributed by atoms with Gasteiger partial charge in [-0.2, -0.15) is 0 Å². The van der Waals surface area contributed by atoms with Crippen molar-refractivity contribution in [2.24, 2.45) is 5.92 Å². The monoisotopic (exact) mass is 328 g/mol. The number of ether oxygens (including phenoxy) is 1. The minimum Gasteiger partial charge on any atom is -0.381 e. The molecule has 1 N–H and O–H groups in total. The summed E-state index contributed by atoms with van der Waals surface area (Å²) in [7, 11) is 0. The standard InChI is InChI=1S/C14H21BrN2O2/c1-2-5-17-9-12(15)7-13(17)14(18)16-8-11-4-3-6-19-10-11/h7,9,11H,2-6,8,10H2,1H3,(H,16,18). The lowest BCUT2D eigenvalue weighted by Gasteiger charge is -2.22. The summed E-state index contributed by atoms with van der Waals surface area (Å²) in [6.07, 6.45) is 5.21. The van der Waals surface area contributed by atoms with Gasteiger partial charge in [0.2, 0.25) is 0 Å². The Labute approximate surface area is 122 Å². The fourth-order valence-corrected chi connectivity index (χ4v) is 2.85. The van der Waals surface area contributed by atoms with Gasteiger partial charge in [-0.1, -0.05) is 6.92 Å². The van der Waals surface area contributed by atoms with Crippen molar-refractivity contribution in [3.8, 4) is 0 Å². The van der Waals surface area contributed by atoms with Gasteiger partial charge in [0.25, 0.3) is 5.91 Å². The molecular weight excluding hydrogens is 308 g/mol. The zero-order chi connectivity index (χ0) is 13.7. The number of amides is 1. The third-order valence-electron chi connectivity index (χ3n) is 3.37. The van der Waals surface area contributed by atoms with Crippen molar-refractivity contribution in [2.45, 2.75) is 32.7 Å². The van der Waals surface area contributed by atoms with E-state index < -0.39 is 0 Å². The molecule has 1 aromatic rings. The third kappa shape index (κ3) is 4.08. The van der Waals surface area contributed by atoms with Gasteiger partial charge in [0, 0.05) is 30.4 Å². The first kappa shape index (κ1) is 14.6. The molecule has 4 nitrogen and oxygen atoms in total. The van der Waals surface area contributed by atoms with Gasteiger partial charge in [0.1, 0.15) is 5.69 Å². The average molecular weight is 329 g/mol. The highest BCUT2D eigenvalue weighted by atomic mass is 79.9. The zero-order valence-corrected chi connectivity index (χ0v) is 12.9. The van der Waals surface area contributed by atoms with Gasteiger partial charge in [0.05, 0.1) is 6.61 Å². The molecule has 2 heterocycles. The van der Waals surface area contributed by atoms with Crippen LogP contribution in [0.3, 0.4) is 0 Å². The molecule has 1 saturated heterocycles. The normalized spacial score (nSPS) is 19.4. The number of nitrogens with zero attached hydrogens (tertiary/aromatic N) is 1. The molecule has 0 saturated carbocycles. The zero-order valence-electron chi connectivity index (χ0n) is 11.3. The lowest BCUT2D eigenvalue weighted by molar-refractivity contribution is 0.0535. The largest absolute Gasteiger partial charge is 0.381 e. The van der Waals surface area contributed by atoms with E-state index in [-0.39, 0.29) is 5.91 Å². The summed E-state index contributed by atoms with van der Waals surface area (Å²) in [5.41, 5.74) is 0.727. The molecule has 1 aliphatic rings. The molecule has 0 aromatic carbocycles. The molecule has 5 heteroatoms. The van der Waals surface area contributed by atoms with E-state index in [1.165, 1.54) is 0 Å². The van der Waals surface area contributed by atoms with Crippen LogP contribution in [-0.2, 0) is 11.3 Å². The Kier molecular flexibility index (Phi) is 5.45. The Morgan fingerprint density at radius 2 is 2.47 bits per heavy atom. The molecule has 1 fully saturated rings. The Morgan fingerprint density at radius 1 is 1.63 bits per heavy atom. The number of hydrogen-bond acceptors (Lipinski definition) is 2. The lowest BCUT2D eigenvalue weighted by atomic mass is 10.0. The molecule has 19 heavy (non-hydrogen) atoms. The van der Waals surface area contributed by atoms with E-state index in [2.05, 4.69) is 28.2 Å². The number of rotatable bonds is 5. The van der Waals surface area contributed by atoms with Gasteiger partial charge in [-0.05, 0) is 47.2 Å². The molecule has 106 valence electrons. The summed E-state index contributed by atoms with van der Waals surface area (Å²) in [6.45, 7) is 5.29. The smallest absolute Gasteiger partial charge is 0.267 e. The minimum atomic E-state index is 0.00437. The number of aromatic nitrogens is 1. The summed E-state index contributed by atoms with van der Waals surface area (Å²) in [5.74, 6) is 0.459. The maximum atomic E-state index is 12.2. The Morgan fingerprint density at radius 3 is 3.16 bits per heavy atom. The molecule has 1 unspecified atom stereocenters. The SMILES string of the molecule is CCCn1cc(Br)cc1C(=O)NCC1CCCOC1. The quantitative estimate of drug-likeness (QED) is 0.903. The van der Waals surface area contributed by atoms with E-state index in [4.69, 9.17) is 4.74 Å². The summed E-state index contributed by atoms with van der Waals surface area (Å²) in [4.78, 5) is 12.2. The summed E-state index contributed by atoms with van der Waals surface area (Å²) >= 11 is 3.43. The van der Waals surface area contributed by atoms with E-state index in [1.54, 1.807) is 0 Å². The van der Waals surface area contributed by atoms with Gasteiger partial charge in [-0.25, -0.2) is 0 Å². The second-order valence-electron chi connectivity index (χ2n) is 5.03. The van der Waals surface area contributed by atoms with Gasteiger partial charge in [0.15, 0.2) is 0 Å². The number of halogens is 1. The van der Waals surface area contributed by atoms with Crippen molar-refractivity contribution in [2.75, 3.05) is 19.8 Å². The summed E-state index contributed by atoms with van der Waals surface area (Å²) in [5, 5.41) is 3.02. The molecule has 0 radical (unpaired) electrons. The van der Waals surface area contributed by atoms with Crippen molar-refractivity contribution in [3.63, 3.8) is 0 Å². The van der Waals surface area contributed by atoms with E-state index in [9.17, 15) is 4.79 Å². The highest BCUT2D eigenvalue weighted by Crippen LogP contribution is 2.16. The second-order valence-corrected chi connectivity index (χ2v) is 5.95. The lowest BCUT2D eigenvalue weighted by Crippen LogP contribution is -2.34. The minimum absolute atomic E-state index is 0.00437. The number of nitrogens with one attached hydrogen (secondary N) is 1. The fraction of sp³-hybridized carbons (Fsp3) is 0.643. The topological polar surface area (TPSA) is 43.3 Å². The van der Waals surface area contributed by atoms with Gasteiger partial charge in [-0.15, -0.1) is 0 Å². The molecule has 1 atom stereocenters. The van der Waals surface area contributed by atoms with Crippen LogP contribution in [0.25, 0.3) is 0 Å². The van der Waals surface area contributed by atoms with E-state index in [1.807, 2.05) is 16.8 Å². The highest BCUT2D eigenvalue weighted by molar-refractivity contribution is 9.10. The number of carbonyl (C=O) groups excluding carboxylic acids is 1. The van der Waals surface area contributed by atoms with E-state index in [0.717, 1.165) is 49.2 Å². The second kappa shape index (κ2) is 7.10. The number of aryl methyl sites for hydroxylation is 1. The van der Waals surface area contributed by atoms with Crippen LogP contribution >= 0.6 is 15.9 Å². The number of carbonyl (C=O) groups is 1. The van der Waals surface area contributed by atoms with Gasteiger partial charge >= 0.3 is 0 Å². The van der Waals surface area contributed by atoms with Crippen LogP contribution in [0.2, 0.25) is 0 Å². The van der Waals surface area contributed by atoms with E-state index in [0.29, 0.717) is 12.5 Å². The molecule has 1 aliphatic heterocycles. The first-order valence-corrected chi connectivity index (χ1v) is 7.71. The fourth-order valence-electron chi connectivity index (χ4n) is 2.39. The molecule has 1 amide bonds. The van der Waals surface area contributed by atoms with Gasteiger partial charge < -0.3 is 14.6 Å². The first-order chi connectivity index (χ1) is 9.20.